The molecule has 4 nitrogen and oxygen atoms in total. The van der Waals surface area contributed by atoms with E-state index in [4.69, 9.17) is 4.74 Å². The van der Waals surface area contributed by atoms with Gasteiger partial charge in [0, 0.05) is 13.1 Å². The van der Waals surface area contributed by atoms with Gasteiger partial charge in [-0.25, -0.2) is 4.79 Å². The highest BCUT2D eigenvalue weighted by atomic mass is 16.5. The Kier molecular flexibility index (Phi) is 1.62. The molecular weight excluding hydrogens is 168 g/mol. The van der Waals surface area contributed by atoms with Crippen molar-refractivity contribution >= 4 is 11.0 Å². The first-order chi connectivity index (χ1) is 6.22. The lowest BCUT2D eigenvalue weighted by Crippen LogP contribution is -2.11. The van der Waals surface area contributed by atoms with Gasteiger partial charge in [-0.3, -0.25) is 4.57 Å². The molecule has 1 aromatic carbocycles. The van der Waals surface area contributed by atoms with E-state index in [1.807, 2.05) is 18.2 Å². The Morgan fingerprint density at radius 1 is 1.46 bits per heavy atom. The summed E-state index contributed by atoms with van der Waals surface area (Å²) < 4.78 is 6.61. The molecule has 1 aromatic heterocycles. The van der Waals surface area contributed by atoms with Gasteiger partial charge in [0.1, 0.15) is 5.75 Å². The highest BCUT2D eigenvalue weighted by molar-refractivity contribution is 5.76. The molecule has 2 aromatic rings. The monoisotopic (exact) mass is 178 g/mol. The van der Waals surface area contributed by atoms with E-state index in [9.17, 15) is 4.79 Å². The second-order valence-electron chi connectivity index (χ2n) is 2.87. The van der Waals surface area contributed by atoms with Crippen molar-refractivity contribution in [3.05, 3.63) is 28.7 Å². The fourth-order valence-electron chi connectivity index (χ4n) is 1.33. The Bertz CT molecular complexity index is 496. The number of nitrogens with zero attached hydrogens (tertiary/aromatic N) is 1. The predicted octanol–water partition coefficient (Wildman–Crippen LogP) is 0.875. The summed E-state index contributed by atoms with van der Waals surface area (Å²) in [4.78, 5) is 13.9. The summed E-state index contributed by atoms with van der Waals surface area (Å²) >= 11 is 0. The summed E-state index contributed by atoms with van der Waals surface area (Å²) in [6.45, 7) is 0. The van der Waals surface area contributed by atoms with E-state index in [0.717, 1.165) is 16.8 Å². The van der Waals surface area contributed by atoms with E-state index in [-0.39, 0.29) is 5.69 Å². The van der Waals surface area contributed by atoms with Gasteiger partial charge in [0.2, 0.25) is 0 Å². The van der Waals surface area contributed by atoms with Crippen molar-refractivity contribution < 1.29 is 4.74 Å². The molecule has 68 valence electrons. The van der Waals surface area contributed by atoms with Crippen LogP contribution in [0.3, 0.4) is 0 Å². The summed E-state index contributed by atoms with van der Waals surface area (Å²) in [5.41, 5.74) is 1.57. The summed E-state index contributed by atoms with van der Waals surface area (Å²) in [6.07, 6.45) is 0. The van der Waals surface area contributed by atoms with Crippen LogP contribution < -0.4 is 10.4 Å². The Balaban J connectivity index is 2.82. The van der Waals surface area contributed by atoms with E-state index >= 15 is 0 Å². The first-order valence-electron chi connectivity index (χ1n) is 3.95. The fraction of sp³-hybridized carbons (Fsp3) is 0.222. The summed E-state index contributed by atoms with van der Waals surface area (Å²) in [5.74, 6) is 0.752. The standard InChI is InChI=1S/C9H10N2O2/c1-11-8-5-6(13-2)3-4-7(8)10-9(11)12/h3-5H,1-2H3,(H,10,12). The van der Waals surface area contributed by atoms with Gasteiger partial charge < -0.3 is 9.72 Å². The molecule has 0 saturated carbocycles. The number of rotatable bonds is 1. The zero-order valence-electron chi connectivity index (χ0n) is 7.50. The third-order valence-electron chi connectivity index (χ3n) is 2.11. The van der Waals surface area contributed by atoms with Gasteiger partial charge in [-0.15, -0.1) is 0 Å². The number of aromatic amines is 1. The van der Waals surface area contributed by atoms with Crippen molar-refractivity contribution in [1.29, 1.82) is 0 Å². The maximum atomic E-state index is 11.2. The van der Waals surface area contributed by atoms with Crippen LogP contribution in [0.5, 0.6) is 5.75 Å². The van der Waals surface area contributed by atoms with Crippen LogP contribution in [-0.2, 0) is 7.05 Å². The number of aryl methyl sites for hydroxylation is 1. The molecule has 0 aliphatic heterocycles. The van der Waals surface area contributed by atoms with E-state index in [2.05, 4.69) is 4.98 Å². The third-order valence-corrected chi connectivity index (χ3v) is 2.11. The van der Waals surface area contributed by atoms with Crippen LogP contribution in [-0.4, -0.2) is 16.7 Å². The van der Waals surface area contributed by atoms with Gasteiger partial charge in [0.15, 0.2) is 0 Å². The smallest absolute Gasteiger partial charge is 0.326 e. The van der Waals surface area contributed by atoms with Crippen LogP contribution in [0.15, 0.2) is 23.0 Å². The van der Waals surface area contributed by atoms with E-state index in [1.165, 1.54) is 0 Å². The lowest BCUT2D eigenvalue weighted by Gasteiger charge is -1.99. The van der Waals surface area contributed by atoms with Crippen molar-refractivity contribution in [3.63, 3.8) is 0 Å². The number of benzene rings is 1. The first-order valence-corrected chi connectivity index (χ1v) is 3.95. The van der Waals surface area contributed by atoms with E-state index in [0.29, 0.717) is 0 Å². The number of nitrogens with one attached hydrogen (secondary N) is 1. The Morgan fingerprint density at radius 2 is 2.23 bits per heavy atom. The summed E-state index contributed by atoms with van der Waals surface area (Å²) in [7, 11) is 3.33. The molecule has 0 aliphatic rings. The molecule has 4 heteroatoms. The van der Waals surface area contributed by atoms with Crippen LogP contribution >= 0.6 is 0 Å². The minimum absolute atomic E-state index is 0.108. The van der Waals surface area contributed by atoms with Crippen LogP contribution in [0.25, 0.3) is 11.0 Å². The largest absolute Gasteiger partial charge is 0.497 e. The van der Waals surface area contributed by atoms with E-state index in [1.54, 1.807) is 18.7 Å². The minimum Gasteiger partial charge on any atom is -0.497 e. The van der Waals surface area contributed by atoms with Crippen molar-refractivity contribution in [2.75, 3.05) is 7.11 Å². The summed E-state index contributed by atoms with van der Waals surface area (Å²) in [5, 5.41) is 0. The maximum absolute atomic E-state index is 11.2. The molecule has 0 aliphatic carbocycles. The topological polar surface area (TPSA) is 47.0 Å². The normalized spacial score (nSPS) is 10.6. The number of imidazole rings is 1. The second-order valence-corrected chi connectivity index (χ2v) is 2.87. The lowest BCUT2D eigenvalue weighted by molar-refractivity contribution is 0.415. The van der Waals surface area contributed by atoms with Crippen molar-refractivity contribution in [2.24, 2.45) is 7.05 Å². The quantitative estimate of drug-likeness (QED) is 0.704. The molecule has 0 bridgehead atoms. The number of hydrogen-bond acceptors (Lipinski definition) is 2. The molecular formula is C9H10N2O2. The van der Waals surface area contributed by atoms with Gasteiger partial charge in [-0.2, -0.15) is 0 Å². The Hall–Kier alpha value is -1.71. The van der Waals surface area contributed by atoms with Gasteiger partial charge in [0.05, 0.1) is 18.1 Å². The Labute approximate surface area is 74.8 Å². The van der Waals surface area contributed by atoms with Gasteiger partial charge in [-0.1, -0.05) is 0 Å². The molecule has 0 atom stereocenters. The zero-order chi connectivity index (χ0) is 9.42. The highest BCUT2D eigenvalue weighted by Crippen LogP contribution is 2.17. The average Bonchev–Trinajstić information content (AvgIpc) is 2.43. The first kappa shape index (κ1) is 7.91. The number of H-pyrrole nitrogens is 1. The van der Waals surface area contributed by atoms with Gasteiger partial charge in [0.25, 0.3) is 0 Å². The molecule has 13 heavy (non-hydrogen) atoms. The minimum atomic E-state index is -0.108. The number of aromatic nitrogens is 2. The molecule has 2 rings (SSSR count). The van der Waals surface area contributed by atoms with Crippen LogP contribution in [0, 0.1) is 0 Å². The molecule has 0 saturated heterocycles. The summed E-state index contributed by atoms with van der Waals surface area (Å²) in [6, 6.07) is 5.47. The number of fused-ring (bicyclic) bond motifs is 1. The highest BCUT2D eigenvalue weighted by Gasteiger charge is 2.02. The van der Waals surface area contributed by atoms with Gasteiger partial charge >= 0.3 is 5.69 Å². The molecule has 0 spiro atoms. The van der Waals surface area contributed by atoms with E-state index < -0.39 is 0 Å². The molecule has 1 N–H and O–H groups in total. The molecule has 1 heterocycles. The average molecular weight is 178 g/mol. The molecule has 0 radical (unpaired) electrons. The maximum Gasteiger partial charge on any atom is 0.326 e. The SMILES string of the molecule is COc1ccc2[nH]c(=O)n(C)c2c1. The number of methoxy groups -OCH3 is 1. The van der Waals surface area contributed by atoms with Crippen LogP contribution in [0.2, 0.25) is 0 Å². The zero-order valence-corrected chi connectivity index (χ0v) is 7.50. The van der Waals surface area contributed by atoms with Crippen molar-refractivity contribution in [1.82, 2.24) is 9.55 Å². The fourth-order valence-corrected chi connectivity index (χ4v) is 1.33. The van der Waals surface area contributed by atoms with Crippen molar-refractivity contribution in [2.45, 2.75) is 0 Å². The lowest BCUT2D eigenvalue weighted by atomic mass is 10.3. The predicted molar refractivity (Wildman–Crippen MR) is 50.1 cm³/mol. The molecule has 0 amide bonds. The second kappa shape index (κ2) is 2.65. The third kappa shape index (κ3) is 1.11. The Morgan fingerprint density at radius 3 is 2.92 bits per heavy atom. The molecule has 0 fully saturated rings. The van der Waals surface area contributed by atoms with Crippen LogP contribution in [0.4, 0.5) is 0 Å². The molecule has 0 unspecified atom stereocenters. The van der Waals surface area contributed by atoms with Crippen LogP contribution in [0.1, 0.15) is 0 Å². The number of hydrogen-bond donors (Lipinski definition) is 1. The van der Waals surface area contributed by atoms with Gasteiger partial charge in [-0.05, 0) is 12.1 Å². The number of ether oxygens (including phenoxy) is 1. The van der Waals surface area contributed by atoms with Crippen molar-refractivity contribution in [3.8, 4) is 5.75 Å².